The molecule has 146 valence electrons. The third kappa shape index (κ3) is 3.49. The molecule has 1 amide bonds. The summed E-state index contributed by atoms with van der Waals surface area (Å²) in [4.78, 5) is 16.0. The van der Waals surface area contributed by atoms with Crippen LogP contribution in [0.3, 0.4) is 0 Å². The van der Waals surface area contributed by atoms with E-state index >= 15 is 0 Å². The predicted molar refractivity (Wildman–Crippen MR) is 109 cm³/mol. The Labute approximate surface area is 167 Å². The van der Waals surface area contributed by atoms with Crippen LogP contribution in [0.25, 0.3) is 21.3 Å². The first-order chi connectivity index (χ1) is 13.6. The molecule has 6 nitrogen and oxygen atoms in total. The highest BCUT2D eigenvalue weighted by Gasteiger charge is 2.28. The van der Waals surface area contributed by atoms with Gasteiger partial charge in [-0.15, -0.1) is 11.3 Å². The van der Waals surface area contributed by atoms with Crippen LogP contribution < -0.4 is 19.5 Å². The normalized spacial score (nSPS) is 17.4. The van der Waals surface area contributed by atoms with Crippen LogP contribution in [-0.2, 0) is 4.79 Å². The Balaban J connectivity index is 1.70. The predicted octanol–water partition coefficient (Wildman–Crippen LogP) is 3.88. The van der Waals surface area contributed by atoms with Crippen LogP contribution >= 0.6 is 11.3 Å². The molecule has 0 bridgehead atoms. The number of carbonyl (C=O) groups is 1. The fourth-order valence-corrected chi connectivity index (χ4v) is 4.19. The Morgan fingerprint density at radius 3 is 2.61 bits per heavy atom. The Kier molecular flexibility index (Phi) is 5.09. The number of thiazole rings is 1. The summed E-state index contributed by atoms with van der Waals surface area (Å²) in [5.74, 6) is 2.40. The number of rotatable bonds is 6. The van der Waals surface area contributed by atoms with Crippen molar-refractivity contribution in [3.8, 4) is 28.4 Å². The van der Waals surface area contributed by atoms with E-state index < -0.39 is 0 Å². The smallest absolute Gasteiger partial charge is 0.220 e. The zero-order chi connectivity index (χ0) is 19.7. The first-order valence-electron chi connectivity index (χ1n) is 9.12. The molecule has 1 N–H and O–H groups in total. The van der Waals surface area contributed by atoms with Gasteiger partial charge in [-0.3, -0.25) is 4.79 Å². The van der Waals surface area contributed by atoms with Crippen LogP contribution in [-0.4, -0.2) is 37.8 Å². The molecule has 0 aliphatic carbocycles. The van der Waals surface area contributed by atoms with Crippen LogP contribution in [0.5, 0.6) is 17.2 Å². The first-order valence-corrected chi connectivity index (χ1v) is 10.00. The van der Waals surface area contributed by atoms with E-state index in [9.17, 15) is 4.79 Å². The van der Waals surface area contributed by atoms with Gasteiger partial charge in [0.1, 0.15) is 11.9 Å². The number of methoxy groups -OCH3 is 2. The maximum Gasteiger partial charge on any atom is 0.220 e. The number of amides is 1. The van der Waals surface area contributed by atoms with Crippen molar-refractivity contribution in [1.82, 2.24) is 10.3 Å². The number of fused-ring (bicyclic) bond motifs is 1. The molecule has 2 aromatic carbocycles. The van der Waals surface area contributed by atoms with Gasteiger partial charge in [-0.25, -0.2) is 4.98 Å². The molecule has 1 saturated heterocycles. The first kappa shape index (κ1) is 18.6. The van der Waals surface area contributed by atoms with Gasteiger partial charge >= 0.3 is 0 Å². The molecule has 2 atom stereocenters. The van der Waals surface area contributed by atoms with Crippen LogP contribution in [0, 0.1) is 5.92 Å². The van der Waals surface area contributed by atoms with Gasteiger partial charge in [-0.1, -0.05) is 6.07 Å². The number of benzene rings is 2. The third-order valence-electron chi connectivity index (χ3n) is 5.10. The van der Waals surface area contributed by atoms with E-state index in [-0.39, 0.29) is 17.9 Å². The largest absolute Gasteiger partial charge is 0.493 e. The van der Waals surface area contributed by atoms with E-state index in [1.54, 1.807) is 25.6 Å². The van der Waals surface area contributed by atoms with E-state index in [2.05, 4.69) is 10.3 Å². The molecule has 28 heavy (non-hydrogen) atoms. The summed E-state index contributed by atoms with van der Waals surface area (Å²) in [6.45, 7) is 2.67. The summed E-state index contributed by atoms with van der Waals surface area (Å²) in [6.07, 6.45) is 0.424. The van der Waals surface area contributed by atoms with Crippen molar-refractivity contribution in [2.45, 2.75) is 19.4 Å². The summed E-state index contributed by atoms with van der Waals surface area (Å²) >= 11 is 1.55. The van der Waals surface area contributed by atoms with Crippen molar-refractivity contribution in [1.29, 1.82) is 0 Å². The number of hydrogen-bond donors (Lipinski definition) is 1. The second kappa shape index (κ2) is 7.67. The Morgan fingerprint density at radius 2 is 1.89 bits per heavy atom. The van der Waals surface area contributed by atoms with E-state index in [1.165, 1.54) is 0 Å². The van der Waals surface area contributed by atoms with Crippen molar-refractivity contribution >= 4 is 27.5 Å². The van der Waals surface area contributed by atoms with Crippen molar-refractivity contribution in [2.75, 3.05) is 20.8 Å². The molecule has 1 fully saturated rings. The maximum absolute atomic E-state index is 11.5. The lowest BCUT2D eigenvalue weighted by atomic mass is 10.0. The summed E-state index contributed by atoms with van der Waals surface area (Å²) < 4.78 is 18.1. The molecule has 0 spiro atoms. The second-order valence-electron chi connectivity index (χ2n) is 6.84. The zero-order valence-electron chi connectivity index (χ0n) is 16.0. The molecule has 0 saturated carbocycles. The second-order valence-corrected chi connectivity index (χ2v) is 7.69. The number of carbonyl (C=O) groups excluding carboxylic acids is 1. The SMILES string of the molecule is COc1ccc(-c2cc(O[C@@H](C)[C@@H]3CNC(=O)C3)c3scnc3c2)cc1OC. The fourth-order valence-electron chi connectivity index (χ4n) is 3.46. The van der Waals surface area contributed by atoms with Gasteiger partial charge in [0.05, 0.1) is 29.9 Å². The molecule has 2 heterocycles. The van der Waals surface area contributed by atoms with E-state index in [1.807, 2.05) is 42.8 Å². The highest BCUT2D eigenvalue weighted by Crippen LogP contribution is 2.38. The molecule has 3 aromatic rings. The highest BCUT2D eigenvalue weighted by molar-refractivity contribution is 7.17. The number of nitrogens with zero attached hydrogens (tertiary/aromatic N) is 1. The minimum absolute atomic E-state index is 0.0788. The quantitative estimate of drug-likeness (QED) is 0.682. The van der Waals surface area contributed by atoms with Crippen molar-refractivity contribution in [2.24, 2.45) is 5.92 Å². The average Bonchev–Trinajstić information content (AvgIpc) is 3.36. The standard InChI is InChI=1S/C21H22N2O4S/c1-12(15-9-20(24)22-10-15)27-19-8-14(6-16-21(19)28-11-23-16)13-4-5-17(25-2)18(7-13)26-3/h4-8,11-12,15H,9-10H2,1-3H3,(H,22,24)/t12-,15-/m0/s1. The number of hydrogen-bond acceptors (Lipinski definition) is 6. The minimum Gasteiger partial charge on any atom is -0.493 e. The minimum atomic E-state index is -0.0788. The molecule has 7 heteroatoms. The summed E-state index contributed by atoms with van der Waals surface area (Å²) in [5, 5.41) is 2.87. The van der Waals surface area contributed by atoms with Crippen molar-refractivity contribution < 1.29 is 19.0 Å². The van der Waals surface area contributed by atoms with Crippen molar-refractivity contribution in [3.05, 3.63) is 35.8 Å². The van der Waals surface area contributed by atoms with Gasteiger partial charge in [0.25, 0.3) is 0 Å². The maximum atomic E-state index is 11.5. The van der Waals surface area contributed by atoms with E-state index in [0.29, 0.717) is 24.5 Å². The fraction of sp³-hybridized carbons (Fsp3) is 0.333. The summed E-state index contributed by atoms with van der Waals surface area (Å²) in [6, 6.07) is 9.90. The van der Waals surface area contributed by atoms with Crippen molar-refractivity contribution in [3.63, 3.8) is 0 Å². The Hall–Kier alpha value is -2.80. The van der Waals surface area contributed by atoms with Gasteiger partial charge in [-0.2, -0.15) is 0 Å². The lowest BCUT2D eigenvalue weighted by molar-refractivity contribution is -0.119. The lowest BCUT2D eigenvalue weighted by Gasteiger charge is -2.20. The van der Waals surface area contributed by atoms with Crippen LogP contribution in [0.2, 0.25) is 0 Å². The summed E-state index contributed by atoms with van der Waals surface area (Å²) in [7, 11) is 3.24. The van der Waals surface area contributed by atoms with Crippen LogP contribution in [0.15, 0.2) is 35.8 Å². The Bertz CT molecular complexity index is 1020. The van der Waals surface area contributed by atoms with Crippen LogP contribution in [0.1, 0.15) is 13.3 Å². The third-order valence-corrected chi connectivity index (χ3v) is 5.96. The van der Waals surface area contributed by atoms with Gasteiger partial charge in [0.15, 0.2) is 11.5 Å². The van der Waals surface area contributed by atoms with Gasteiger partial charge in [0.2, 0.25) is 5.91 Å². The molecular formula is C21H22N2O4S. The molecule has 1 aliphatic heterocycles. The lowest BCUT2D eigenvalue weighted by Crippen LogP contribution is -2.25. The van der Waals surface area contributed by atoms with Gasteiger partial charge in [-0.05, 0) is 42.3 Å². The topological polar surface area (TPSA) is 69.7 Å². The monoisotopic (exact) mass is 398 g/mol. The van der Waals surface area contributed by atoms with Crippen LogP contribution in [0.4, 0.5) is 0 Å². The molecule has 1 aliphatic rings. The highest BCUT2D eigenvalue weighted by atomic mass is 32.1. The number of nitrogens with one attached hydrogen (secondary N) is 1. The Morgan fingerprint density at radius 1 is 1.11 bits per heavy atom. The van der Waals surface area contributed by atoms with E-state index in [0.717, 1.165) is 27.1 Å². The molecule has 0 radical (unpaired) electrons. The molecular weight excluding hydrogens is 376 g/mol. The number of aromatic nitrogens is 1. The summed E-state index contributed by atoms with van der Waals surface area (Å²) in [5.41, 5.74) is 4.69. The molecule has 4 rings (SSSR count). The molecule has 0 unspecified atom stereocenters. The zero-order valence-corrected chi connectivity index (χ0v) is 16.8. The van der Waals surface area contributed by atoms with Gasteiger partial charge < -0.3 is 19.5 Å². The number of ether oxygens (including phenoxy) is 3. The average molecular weight is 398 g/mol. The van der Waals surface area contributed by atoms with E-state index in [4.69, 9.17) is 14.2 Å². The molecule has 1 aromatic heterocycles. The van der Waals surface area contributed by atoms with Gasteiger partial charge in [0, 0.05) is 18.9 Å².